The van der Waals surface area contributed by atoms with Gasteiger partial charge in [-0.2, -0.15) is 0 Å². The van der Waals surface area contributed by atoms with E-state index in [4.69, 9.17) is 4.74 Å². The normalized spacial score (nSPS) is 18.8. The summed E-state index contributed by atoms with van der Waals surface area (Å²) in [6, 6.07) is 10.8. The number of likely N-dealkylation sites (tertiary alicyclic amines) is 1. The molecule has 1 aliphatic carbocycles. The highest BCUT2D eigenvalue weighted by molar-refractivity contribution is 5.75. The maximum Gasteiger partial charge on any atom is 0.410 e. The van der Waals surface area contributed by atoms with Gasteiger partial charge in [0.2, 0.25) is 0 Å². The van der Waals surface area contributed by atoms with Gasteiger partial charge in [-0.05, 0) is 64.7 Å². The molecule has 1 aromatic carbocycles. The van der Waals surface area contributed by atoms with Gasteiger partial charge in [-0.3, -0.25) is 4.98 Å². The molecule has 7 nitrogen and oxygen atoms in total. The average Bonchev–Trinajstić information content (AvgIpc) is 3.56. The summed E-state index contributed by atoms with van der Waals surface area (Å²) >= 11 is 0. The maximum atomic E-state index is 13.5. The van der Waals surface area contributed by atoms with Gasteiger partial charge in [0.1, 0.15) is 11.4 Å². The lowest BCUT2D eigenvalue weighted by molar-refractivity contribution is 0.000923. The second-order valence-electron chi connectivity index (χ2n) is 10.8. The molecule has 2 fully saturated rings. The zero-order valence-corrected chi connectivity index (χ0v) is 21.0. The fourth-order valence-electron chi connectivity index (χ4n) is 4.75. The molecule has 188 valence electrons. The number of aryl methyl sites for hydroxylation is 1. The molecule has 4 rings (SSSR count). The van der Waals surface area contributed by atoms with Gasteiger partial charge >= 0.3 is 12.1 Å². The summed E-state index contributed by atoms with van der Waals surface area (Å²) in [6.45, 7) is 9.37. The van der Waals surface area contributed by atoms with Crippen molar-refractivity contribution < 1.29 is 18.7 Å². The van der Waals surface area contributed by atoms with Gasteiger partial charge in [0.15, 0.2) is 0 Å². The van der Waals surface area contributed by atoms with Gasteiger partial charge in [-0.25, -0.2) is 14.0 Å². The van der Waals surface area contributed by atoms with Crippen molar-refractivity contribution in [1.82, 2.24) is 20.1 Å². The summed E-state index contributed by atoms with van der Waals surface area (Å²) < 4.78 is 19.0. The minimum Gasteiger partial charge on any atom is -0.444 e. The number of ether oxygens (including phenoxy) is 1. The summed E-state index contributed by atoms with van der Waals surface area (Å²) in [4.78, 5) is 34.0. The molecule has 1 aromatic heterocycles. The number of carbonyl (C=O) groups is 2. The predicted molar refractivity (Wildman–Crippen MR) is 131 cm³/mol. The number of carbonyl (C=O) groups excluding carboxylic acids is 2. The molecule has 2 heterocycles. The Morgan fingerprint density at radius 1 is 1.20 bits per heavy atom. The third-order valence-corrected chi connectivity index (χ3v) is 6.75. The number of piperidine rings is 1. The molecule has 2 aliphatic rings. The first kappa shape index (κ1) is 24.9. The van der Waals surface area contributed by atoms with Crippen molar-refractivity contribution in [1.29, 1.82) is 0 Å². The van der Waals surface area contributed by atoms with Gasteiger partial charge in [-0.1, -0.05) is 29.8 Å². The molecule has 1 saturated heterocycles. The fraction of sp³-hybridized carbons (Fsp3) is 0.519. The van der Waals surface area contributed by atoms with Crippen LogP contribution in [0, 0.1) is 18.2 Å². The third kappa shape index (κ3) is 6.29. The van der Waals surface area contributed by atoms with Crippen molar-refractivity contribution in [2.45, 2.75) is 71.7 Å². The van der Waals surface area contributed by atoms with Crippen molar-refractivity contribution in [3.8, 4) is 0 Å². The predicted octanol–water partition coefficient (Wildman–Crippen LogP) is 5.03. The summed E-state index contributed by atoms with van der Waals surface area (Å²) in [6.07, 6.45) is 3.40. The van der Waals surface area contributed by atoms with Crippen LogP contribution in [0.25, 0.3) is 0 Å². The quantitative estimate of drug-likeness (QED) is 0.649. The molecule has 2 aromatic rings. The molecule has 1 saturated carbocycles. The third-order valence-electron chi connectivity index (χ3n) is 6.75. The highest BCUT2D eigenvalue weighted by Gasteiger charge is 2.56. The van der Waals surface area contributed by atoms with E-state index in [9.17, 15) is 14.0 Å². The van der Waals surface area contributed by atoms with Crippen molar-refractivity contribution in [3.05, 3.63) is 65.2 Å². The Balaban J connectivity index is 1.50. The Labute approximate surface area is 206 Å². The summed E-state index contributed by atoms with van der Waals surface area (Å²) in [5.41, 5.74) is 2.10. The molecule has 35 heavy (non-hydrogen) atoms. The van der Waals surface area contributed by atoms with Crippen molar-refractivity contribution >= 4 is 12.1 Å². The van der Waals surface area contributed by atoms with Crippen LogP contribution in [-0.2, 0) is 17.8 Å². The highest BCUT2D eigenvalue weighted by Crippen LogP contribution is 2.54. The second-order valence-corrected chi connectivity index (χ2v) is 10.8. The van der Waals surface area contributed by atoms with Gasteiger partial charge in [0, 0.05) is 31.1 Å². The van der Waals surface area contributed by atoms with Crippen molar-refractivity contribution in [2.75, 3.05) is 13.1 Å². The van der Waals surface area contributed by atoms with Gasteiger partial charge < -0.3 is 19.9 Å². The van der Waals surface area contributed by atoms with Crippen LogP contribution >= 0.6 is 0 Å². The highest BCUT2D eigenvalue weighted by atomic mass is 19.1. The number of amides is 3. The molecule has 0 bridgehead atoms. The van der Waals surface area contributed by atoms with Gasteiger partial charge in [-0.15, -0.1) is 0 Å². The Hall–Kier alpha value is -3.16. The molecular weight excluding hydrogens is 447 g/mol. The van der Waals surface area contributed by atoms with Crippen LogP contribution in [0.3, 0.4) is 0 Å². The van der Waals surface area contributed by atoms with E-state index in [1.165, 1.54) is 12.3 Å². The average molecular weight is 483 g/mol. The number of aromatic nitrogens is 1. The number of halogens is 1. The van der Waals surface area contributed by atoms with Crippen molar-refractivity contribution in [2.24, 2.45) is 5.41 Å². The van der Waals surface area contributed by atoms with E-state index in [-0.39, 0.29) is 30.1 Å². The Bertz CT molecular complexity index is 1050. The fourth-order valence-corrected chi connectivity index (χ4v) is 4.75. The molecule has 1 spiro atoms. The molecule has 1 atom stereocenters. The first-order chi connectivity index (χ1) is 16.5. The van der Waals surface area contributed by atoms with Crippen LogP contribution in [0.2, 0.25) is 0 Å². The lowest BCUT2D eigenvalue weighted by atomic mass is 9.87. The first-order valence-corrected chi connectivity index (χ1v) is 12.2. The van der Waals surface area contributed by atoms with Crippen LogP contribution in [-0.4, -0.2) is 51.6 Å². The Morgan fingerprint density at radius 2 is 1.91 bits per heavy atom. The van der Waals surface area contributed by atoms with E-state index in [1.807, 2.05) is 56.9 Å². The smallest absolute Gasteiger partial charge is 0.410 e. The number of urea groups is 1. The largest absolute Gasteiger partial charge is 0.444 e. The monoisotopic (exact) mass is 482 g/mol. The van der Waals surface area contributed by atoms with Gasteiger partial charge in [0.25, 0.3) is 0 Å². The number of nitrogens with one attached hydrogen (secondary N) is 1. The molecule has 3 amide bonds. The minimum absolute atomic E-state index is 0.0499. The zero-order valence-electron chi connectivity index (χ0n) is 21.0. The van der Waals surface area contributed by atoms with Crippen LogP contribution in [0.15, 0.2) is 42.6 Å². The lowest BCUT2D eigenvalue weighted by Crippen LogP contribution is -2.57. The number of hydrogen-bond acceptors (Lipinski definition) is 4. The van der Waals surface area contributed by atoms with E-state index in [2.05, 4.69) is 10.3 Å². The molecule has 1 N–H and O–H groups in total. The lowest BCUT2D eigenvalue weighted by Gasteiger charge is -2.44. The maximum absolute atomic E-state index is 13.5. The summed E-state index contributed by atoms with van der Waals surface area (Å²) in [7, 11) is 0. The van der Waals surface area contributed by atoms with Gasteiger partial charge in [0.05, 0.1) is 18.4 Å². The van der Waals surface area contributed by atoms with Crippen LogP contribution in [0.4, 0.5) is 14.0 Å². The van der Waals surface area contributed by atoms with Crippen LogP contribution in [0.1, 0.15) is 56.9 Å². The first-order valence-electron chi connectivity index (χ1n) is 12.2. The van der Waals surface area contributed by atoms with E-state index in [1.54, 1.807) is 11.0 Å². The molecular formula is C27H35FN4O3. The van der Waals surface area contributed by atoms with E-state index < -0.39 is 11.4 Å². The molecule has 8 heteroatoms. The standard InChI is InChI=1S/C27H35FN4O3/c1-19-5-7-20(8-6-19)15-30-24(33)32(17-22-10-9-21(28)16-29-22)23-11-14-31(18-27(23)12-13-27)25(34)35-26(2,3)4/h5-10,16,23H,11-15,17-18H2,1-4H3,(H,30,33)/t23-/m0/s1. The molecule has 0 unspecified atom stereocenters. The topological polar surface area (TPSA) is 74.8 Å². The number of hydrogen-bond donors (Lipinski definition) is 1. The Kier molecular flexibility index (Phi) is 7.01. The van der Waals surface area contributed by atoms with E-state index >= 15 is 0 Å². The SMILES string of the molecule is Cc1ccc(CNC(=O)N(Cc2ccc(F)cn2)[C@H]2CCN(C(=O)OC(C)(C)C)CC23CC3)cc1. The number of rotatable bonds is 5. The Morgan fingerprint density at radius 3 is 2.51 bits per heavy atom. The zero-order chi connectivity index (χ0) is 25.2. The molecule has 0 radical (unpaired) electrons. The number of nitrogens with zero attached hydrogens (tertiary/aromatic N) is 3. The number of benzene rings is 1. The minimum atomic E-state index is -0.555. The summed E-state index contributed by atoms with van der Waals surface area (Å²) in [5.74, 6) is -0.409. The summed E-state index contributed by atoms with van der Waals surface area (Å²) in [5, 5.41) is 3.06. The van der Waals surface area contributed by atoms with Crippen molar-refractivity contribution in [3.63, 3.8) is 0 Å². The van der Waals surface area contributed by atoms with Crippen LogP contribution < -0.4 is 5.32 Å². The van der Waals surface area contributed by atoms with E-state index in [0.717, 1.165) is 24.0 Å². The second kappa shape index (κ2) is 9.84. The van der Waals surface area contributed by atoms with Crippen LogP contribution in [0.5, 0.6) is 0 Å². The molecule has 1 aliphatic heterocycles. The van der Waals surface area contributed by atoms with E-state index in [0.29, 0.717) is 31.7 Å². The number of pyridine rings is 1.